The van der Waals surface area contributed by atoms with E-state index in [1.165, 1.54) is 0 Å². The lowest BCUT2D eigenvalue weighted by Crippen LogP contribution is -2.53. The van der Waals surface area contributed by atoms with Gasteiger partial charge in [-0.2, -0.15) is 0 Å². The van der Waals surface area contributed by atoms with Crippen molar-refractivity contribution in [3.05, 3.63) is 0 Å². The second-order valence-corrected chi connectivity index (χ2v) is 6.26. The molecule has 0 spiro atoms. The highest BCUT2D eigenvalue weighted by atomic mass is 16.2. The topological polar surface area (TPSA) is 52.7 Å². The summed E-state index contributed by atoms with van der Waals surface area (Å²) in [6.07, 6.45) is 3.93. The van der Waals surface area contributed by atoms with Crippen molar-refractivity contribution in [2.45, 2.75) is 51.6 Å². The Kier molecular flexibility index (Phi) is 5.02. The Bertz CT molecular complexity index is 370. The van der Waals surface area contributed by atoms with Crippen LogP contribution >= 0.6 is 0 Å². The van der Waals surface area contributed by atoms with Crippen molar-refractivity contribution in [3.8, 4) is 0 Å². The monoisotopic (exact) mass is 281 g/mol. The Morgan fingerprint density at radius 1 is 1.15 bits per heavy atom. The lowest BCUT2D eigenvalue weighted by Gasteiger charge is -2.36. The molecule has 5 heteroatoms. The summed E-state index contributed by atoms with van der Waals surface area (Å²) in [5.74, 6) is 0.231. The number of hydrogen-bond acceptors (Lipinski definition) is 3. The van der Waals surface area contributed by atoms with Crippen LogP contribution in [-0.4, -0.2) is 60.4 Å². The highest BCUT2D eigenvalue weighted by molar-refractivity contribution is 5.89. The fourth-order valence-corrected chi connectivity index (χ4v) is 3.24. The molecule has 0 aromatic carbocycles. The molecule has 0 radical (unpaired) electrons. The summed E-state index contributed by atoms with van der Waals surface area (Å²) in [5, 5.41) is 3.26. The Labute approximate surface area is 121 Å². The molecule has 2 unspecified atom stereocenters. The summed E-state index contributed by atoms with van der Waals surface area (Å²) in [4.78, 5) is 28.7. The van der Waals surface area contributed by atoms with Gasteiger partial charge in [0.25, 0.3) is 0 Å². The van der Waals surface area contributed by atoms with Crippen LogP contribution in [0.5, 0.6) is 0 Å². The smallest absolute Gasteiger partial charge is 0.245 e. The van der Waals surface area contributed by atoms with Crippen molar-refractivity contribution in [2.75, 3.05) is 26.7 Å². The van der Waals surface area contributed by atoms with E-state index in [0.717, 1.165) is 45.3 Å². The van der Waals surface area contributed by atoms with Crippen LogP contribution < -0.4 is 5.32 Å². The number of amides is 2. The molecule has 2 saturated heterocycles. The van der Waals surface area contributed by atoms with Gasteiger partial charge in [0.05, 0.1) is 0 Å². The molecule has 114 valence electrons. The number of nitrogens with zero attached hydrogens (tertiary/aromatic N) is 2. The van der Waals surface area contributed by atoms with Crippen molar-refractivity contribution in [1.29, 1.82) is 0 Å². The number of carbonyl (C=O) groups is 2. The van der Waals surface area contributed by atoms with Gasteiger partial charge in [-0.15, -0.1) is 0 Å². The molecule has 0 aromatic heterocycles. The van der Waals surface area contributed by atoms with Gasteiger partial charge >= 0.3 is 0 Å². The van der Waals surface area contributed by atoms with E-state index in [-0.39, 0.29) is 23.8 Å². The van der Waals surface area contributed by atoms with Gasteiger partial charge in [-0.25, -0.2) is 0 Å². The first-order valence-corrected chi connectivity index (χ1v) is 7.81. The molecule has 1 N–H and O–H groups in total. The van der Waals surface area contributed by atoms with Crippen LogP contribution in [-0.2, 0) is 9.59 Å². The highest BCUT2D eigenvalue weighted by Crippen LogP contribution is 2.23. The average molecular weight is 281 g/mol. The number of likely N-dealkylation sites (N-methyl/N-ethyl adjacent to an activating group) is 1. The minimum Gasteiger partial charge on any atom is -0.339 e. The highest BCUT2D eigenvalue weighted by Gasteiger charge is 2.38. The fourth-order valence-electron chi connectivity index (χ4n) is 3.24. The maximum Gasteiger partial charge on any atom is 0.245 e. The third kappa shape index (κ3) is 3.14. The first-order valence-electron chi connectivity index (χ1n) is 7.81. The summed E-state index contributed by atoms with van der Waals surface area (Å²) in [7, 11) is 1.95. The number of nitrogens with one attached hydrogen (secondary N) is 1. The molecule has 0 aromatic rings. The Hall–Kier alpha value is -1.10. The number of carbonyl (C=O) groups excluding carboxylic acids is 2. The van der Waals surface area contributed by atoms with E-state index in [1.807, 2.05) is 25.8 Å². The predicted molar refractivity (Wildman–Crippen MR) is 78.2 cm³/mol. The first-order chi connectivity index (χ1) is 9.54. The molecule has 0 bridgehead atoms. The third-order valence-electron chi connectivity index (χ3n) is 4.46. The average Bonchev–Trinajstić information content (AvgIpc) is 2.94. The largest absolute Gasteiger partial charge is 0.339 e. The minimum atomic E-state index is -0.222. The van der Waals surface area contributed by atoms with Crippen molar-refractivity contribution in [1.82, 2.24) is 15.1 Å². The molecule has 2 aliphatic rings. The molecule has 2 fully saturated rings. The number of hydrogen-bond donors (Lipinski definition) is 1. The summed E-state index contributed by atoms with van der Waals surface area (Å²) in [6, 6.07) is 0.170. The van der Waals surface area contributed by atoms with Gasteiger partial charge in [0.1, 0.15) is 6.04 Å². The van der Waals surface area contributed by atoms with E-state index in [0.29, 0.717) is 6.04 Å². The summed E-state index contributed by atoms with van der Waals surface area (Å²) in [5.41, 5.74) is 0. The van der Waals surface area contributed by atoms with Gasteiger partial charge in [0.15, 0.2) is 0 Å². The zero-order valence-electron chi connectivity index (χ0n) is 12.9. The maximum atomic E-state index is 12.7. The van der Waals surface area contributed by atoms with Crippen molar-refractivity contribution < 1.29 is 9.59 Å². The summed E-state index contributed by atoms with van der Waals surface area (Å²) >= 11 is 0. The molecule has 20 heavy (non-hydrogen) atoms. The minimum absolute atomic E-state index is 0.0326. The molecular weight excluding hydrogens is 254 g/mol. The van der Waals surface area contributed by atoms with Crippen molar-refractivity contribution >= 4 is 11.8 Å². The van der Waals surface area contributed by atoms with E-state index in [1.54, 1.807) is 4.90 Å². The van der Waals surface area contributed by atoms with E-state index >= 15 is 0 Å². The molecule has 2 atom stereocenters. The van der Waals surface area contributed by atoms with Gasteiger partial charge < -0.3 is 15.1 Å². The summed E-state index contributed by atoms with van der Waals surface area (Å²) < 4.78 is 0. The Balaban J connectivity index is 2.02. The van der Waals surface area contributed by atoms with Crippen LogP contribution in [0, 0.1) is 5.92 Å². The molecular formula is C15H27N3O2. The Morgan fingerprint density at radius 2 is 1.85 bits per heavy atom. The SMILES string of the molecule is CNC1CCCN(C(=O)C2CCCN2C(=O)C(C)C)C1. The van der Waals surface area contributed by atoms with Gasteiger partial charge in [0.2, 0.25) is 11.8 Å². The zero-order chi connectivity index (χ0) is 14.7. The third-order valence-corrected chi connectivity index (χ3v) is 4.46. The van der Waals surface area contributed by atoms with Gasteiger partial charge in [0, 0.05) is 31.6 Å². The van der Waals surface area contributed by atoms with Crippen LogP contribution in [0.1, 0.15) is 39.5 Å². The van der Waals surface area contributed by atoms with Crippen LogP contribution in [0.3, 0.4) is 0 Å². The van der Waals surface area contributed by atoms with E-state index < -0.39 is 0 Å². The Morgan fingerprint density at radius 3 is 2.50 bits per heavy atom. The standard InChI is InChI=1S/C15H27N3O2/c1-11(2)14(19)18-9-5-7-13(18)15(20)17-8-4-6-12(10-17)16-3/h11-13,16H,4-10H2,1-3H3. The van der Waals surface area contributed by atoms with Crippen molar-refractivity contribution in [3.63, 3.8) is 0 Å². The summed E-state index contributed by atoms with van der Waals surface area (Å²) in [6.45, 7) is 6.14. The van der Waals surface area contributed by atoms with Crippen LogP contribution in [0.25, 0.3) is 0 Å². The van der Waals surface area contributed by atoms with Crippen molar-refractivity contribution in [2.24, 2.45) is 5.92 Å². The van der Waals surface area contributed by atoms with Gasteiger partial charge in [-0.05, 0) is 32.7 Å². The first kappa shape index (κ1) is 15.3. The molecule has 0 saturated carbocycles. The van der Waals surface area contributed by atoms with E-state index in [2.05, 4.69) is 5.32 Å². The molecule has 0 aliphatic carbocycles. The van der Waals surface area contributed by atoms with E-state index in [4.69, 9.17) is 0 Å². The quantitative estimate of drug-likeness (QED) is 0.834. The second kappa shape index (κ2) is 6.57. The van der Waals surface area contributed by atoms with Crippen LogP contribution in [0.15, 0.2) is 0 Å². The number of rotatable bonds is 3. The molecule has 5 nitrogen and oxygen atoms in total. The molecule has 2 amide bonds. The fraction of sp³-hybridized carbons (Fsp3) is 0.867. The number of piperidine rings is 1. The van der Waals surface area contributed by atoms with Crippen LogP contribution in [0.2, 0.25) is 0 Å². The van der Waals surface area contributed by atoms with Gasteiger partial charge in [-0.3, -0.25) is 9.59 Å². The molecule has 2 heterocycles. The van der Waals surface area contributed by atoms with Gasteiger partial charge in [-0.1, -0.05) is 13.8 Å². The second-order valence-electron chi connectivity index (χ2n) is 6.26. The lowest BCUT2D eigenvalue weighted by atomic mass is 10.0. The molecule has 2 rings (SSSR count). The maximum absolute atomic E-state index is 12.7. The van der Waals surface area contributed by atoms with E-state index in [9.17, 15) is 9.59 Å². The zero-order valence-corrected chi connectivity index (χ0v) is 12.9. The lowest BCUT2D eigenvalue weighted by molar-refractivity contribution is -0.146. The predicted octanol–water partition coefficient (Wildman–Crippen LogP) is 0.844. The number of likely N-dealkylation sites (tertiary alicyclic amines) is 2. The normalized spacial score (nSPS) is 27.2. The molecule has 2 aliphatic heterocycles. The van der Waals surface area contributed by atoms with Crippen LogP contribution in [0.4, 0.5) is 0 Å².